The van der Waals surface area contributed by atoms with Gasteiger partial charge in [0.1, 0.15) is 0 Å². The van der Waals surface area contributed by atoms with E-state index in [1.54, 1.807) is 24.3 Å². The van der Waals surface area contributed by atoms with E-state index in [-0.39, 0.29) is 5.69 Å². The Morgan fingerprint density at radius 2 is 1.96 bits per heavy atom. The summed E-state index contributed by atoms with van der Waals surface area (Å²) >= 11 is 7.30. The number of hydrogen-bond acceptors (Lipinski definition) is 6. The van der Waals surface area contributed by atoms with Crippen molar-refractivity contribution in [2.24, 2.45) is 0 Å². The first-order valence-electron chi connectivity index (χ1n) is 6.57. The number of non-ortho nitro benzene ring substituents is 1. The second-order valence-corrected chi connectivity index (χ2v) is 5.96. The van der Waals surface area contributed by atoms with Gasteiger partial charge in [-0.25, -0.2) is 0 Å². The molecule has 0 aliphatic heterocycles. The third-order valence-corrected chi connectivity index (χ3v) is 4.11. The largest absolute Gasteiger partial charge is 0.411 e. The van der Waals surface area contributed by atoms with E-state index in [4.69, 9.17) is 16.0 Å². The fourth-order valence-electron chi connectivity index (χ4n) is 1.87. The predicted molar refractivity (Wildman–Crippen MR) is 87.4 cm³/mol. The molecule has 3 aromatic rings. The van der Waals surface area contributed by atoms with Crippen LogP contribution in [-0.4, -0.2) is 15.1 Å². The van der Waals surface area contributed by atoms with Crippen LogP contribution in [-0.2, 0) is 5.75 Å². The van der Waals surface area contributed by atoms with E-state index in [1.807, 2.05) is 12.1 Å². The molecule has 0 radical (unpaired) electrons. The molecule has 0 spiro atoms. The first kappa shape index (κ1) is 15.5. The molecule has 6 nitrogen and oxygen atoms in total. The number of aromatic nitrogens is 2. The summed E-state index contributed by atoms with van der Waals surface area (Å²) in [5.74, 6) is 0.980. The monoisotopic (exact) mass is 347 g/mol. The van der Waals surface area contributed by atoms with Gasteiger partial charge in [-0.2, -0.15) is 0 Å². The van der Waals surface area contributed by atoms with E-state index in [2.05, 4.69) is 10.2 Å². The molecule has 0 aliphatic rings. The van der Waals surface area contributed by atoms with Gasteiger partial charge >= 0.3 is 0 Å². The van der Waals surface area contributed by atoms with Crippen molar-refractivity contribution in [2.75, 3.05) is 0 Å². The van der Waals surface area contributed by atoms with Crippen LogP contribution in [0.15, 0.2) is 58.2 Å². The minimum absolute atomic E-state index is 0.0692. The van der Waals surface area contributed by atoms with E-state index < -0.39 is 4.92 Å². The van der Waals surface area contributed by atoms with Crippen molar-refractivity contribution >= 4 is 29.1 Å². The number of rotatable bonds is 5. The first-order chi connectivity index (χ1) is 11.1. The van der Waals surface area contributed by atoms with Crippen molar-refractivity contribution in [3.05, 3.63) is 69.2 Å². The van der Waals surface area contributed by atoms with Gasteiger partial charge in [0.05, 0.1) is 4.92 Å². The Morgan fingerprint density at radius 3 is 2.65 bits per heavy atom. The summed E-state index contributed by atoms with van der Waals surface area (Å²) < 4.78 is 5.58. The quantitative estimate of drug-likeness (QED) is 0.381. The molecule has 23 heavy (non-hydrogen) atoms. The Labute approximate surface area is 140 Å². The molecule has 0 aliphatic carbocycles. The minimum atomic E-state index is -0.424. The third kappa shape index (κ3) is 3.88. The van der Waals surface area contributed by atoms with Crippen LogP contribution >= 0.6 is 23.4 Å². The van der Waals surface area contributed by atoms with Gasteiger partial charge in [-0.05, 0) is 23.8 Å². The van der Waals surface area contributed by atoms with E-state index in [0.29, 0.717) is 21.9 Å². The van der Waals surface area contributed by atoms with Gasteiger partial charge in [0.15, 0.2) is 0 Å². The maximum Gasteiger partial charge on any atom is 0.277 e. The van der Waals surface area contributed by atoms with Crippen LogP contribution in [0.4, 0.5) is 5.69 Å². The molecule has 0 amide bonds. The zero-order valence-corrected chi connectivity index (χ0v) is 13.3. The number of nitrogens with zero attached hydrogens (tertiary/aromatic N) is 3. The van der Waals surface area contributed by atoms with Gasteiger partial charge in [-0.1, -0.05) is 41.6 Å². The van der Waals surface area contributed by atoms with Gasteiger partial charge in [0.2, 0.25) is 5.89 Å². The molecule has 1 heterocycles. The van der Waals surface area contributed by atoms with Crippen molar-refractivity contribution in [3.63, 3.8) is 0 Å². The Balaban J connectivity index is 1.66. The van der Waals surface area contributed by atoms with Crippen LogP contribution in [0.25, 0.3) is 11.5 Å². The average Bonchev–Trinajstić information content (AvgIpc) is 3.02. The van der Waals surface area contributed by atoms with Gasteiger partial charge in [-0.3, -0.25) is 10.1 Å². The highest BCUT2D eigenvalue weighted by Gasteiger charge is 2.10. The zero-order valence-electron chi connectivity index (χ0n) is 11.7. The molecule has 8 heteroatoms. The lowest BCUT2D eigenvalue weighted by atomic mass is 10.2. The fraction of sp³-hybridized carbons (Fsp3) is 0.0667. The van der Waals surface area contributed by atoms with Crippen molar-refractivity contribution in [1.29, 1.82) is 0 Å². The number of thioether (sulfide) groups is 1. The van der Waals surface area contributed by atoms with E-state index in [0.717, 1.165) is 11.1 Å². The molecule has 3 rings (SSSR count). The van der Waals surface area contributed by atoms with Crippen LogP contribution in [0.3, 0.4) is 0 Å². The lowest BCUT2D eigenvalue weighted by Crippen LogP contribution is -1.88. The fourth-order valence-corrected chi connectivity index (χ4v) is 2.77. The Hall–Kier alpha value is -2.38. The zero-order chi connectivity index (χ0) is 16.2. The standard InChI is InChI=1S/C15H10ClN3O3S/c16-12-3-1-2-11(8-12)14-17-18-15(22-14)23-9-10-4-6-13(7-5-10)19(20)21/h1-8H,9H2. The van der Waals surface area contributed by atoms with E-state index >= 15 is 0 Å². The highest BCUT2D eigenvalue weighted by atomic mass is 35.5. The first-order valence-corrected chi connectivity index (χ1v) is 7.94. The van der Waals surface area contributed by atoms with Gasteiger partial charge < -0.3 is 4.42 Å². The molecule has 0 unspecified atom stereocenters. The maximum atomic E-state index is 10.6. The molecule has 116 valence electrons. The topological polar surface area (TPSA) is 82.1 Å². The molecule has 0 N–H and O–H groups in total. The summed E-state index contributed by atoms with van der Waals surface area (Å²) in [5, 5.41) is 19.6. The number of nitro groups is 1. The molecule has 0 atom stereocenters. The second kappa shape index (κ2) is 6.80. The molecule has 0 bridgehead atoms. The Morgan fingerprint density at radius 1 is 1.17 bits per heavy atom. The number of hydrogen-bond donors (Lipinski definition) is 0. The van der Waals surface area contributed by atoms with Crippen molar-refractivity contribution in [2.45, 2.75) is 11.0 Å². The van der Waals surface area contributed by atoms with Crippen LogP contribution in [0.1, 0.15) is 5.56 Å². The Bertz CT molecular complexity index is 836. The molecule has 2 aromatic carbocycles. The molecule has 1 aromatic heterocycles. The number of benzene rings is 2. The SMILES string of the molecule is O=[N+]([O-])c1ccc(CSc2nnc(-c3cccc(Cl)c3)o2)cc1. The highest BCUT2D eigenvalue weighted by Crippen LogP contribution is 2.27. The van der Waals surface area contributed by atoms with Crippen LogP contribution in [0, 0.1) is 10.1 Å². The minimum Gasteiger partial charge on any atom is -0.411 e. The van der Waals surface area contributed by atoms with Crippen molar-refractivity contribution in [3.8, 4) is 11.5 Å². The molecule has 0 saturated carbocycles. The van der Waals surface area contributed by atoms with Crippen LogP contribution in [0.5, 0.6) is 0 Å². The molecular formula is C15H10ClN3O3S. The summed E-state index contributed by atoms with van der Waals surface area (Å²) in [4.78, 5) is 10.2. The normalized spacial score (nSPS) is 10.7. The van der Waals surface area contributed by atoms with Crippen molar-refractivity contribution < 1.29 is 9.34 Å². The number of halogens is 1. The number of nitro benzene ring substituents is 1. The van der Waals surface area contributed by atoms with Gasteiger partial charge in [-0.15, -0.1) is 10.2 Å². The summed E-state index contributed by atoms with van der Waals surface area (Å²) in [5.41, 5.74) is 1.76. The van der Waals surface area contributed by atoms with E-state index in [9.17, 15) is 10.1 Å². The second-order valence-electron chi connectivity index (χ2n) is 4.60. The van der Waals surface area contributed by atoms with Crippen LogP contribution in [0.2, 0.25) is 5.02 Å². The van der Waals surface area contributed by atoms with Gasteiger partial charge in [0, 0.05) is 28.5 Å². The smallest absolute Gasteiger partial charge is 0.277 e. The summed E-state index contributed by atoms with van der Waals surface area (Å²) in [7, 11) is 0. The average molecular weight is 348 g/mol. The summed E-state index contributed by atoms with van der Waals surface area (Å²) in [6.07, 6.45) is 0. The van der Waals surface area contributed by atoms with Crippen molar-refractivity contribution in [1.82, 2.24) is 10.2 Å². The lowest BCUT2D eigenvalue weighted by Gasteiger charge is -1.98. The molecular weight excluding hydrogens is 338 g/mol. The summed E-state index contributed by atoms with van der Waals surface area (Å²) in [6, 6.07) is 13.5. The maximum absolute atomic E-state index is 10.6. The lowest BCUT2D eigenvalue weighted by molar-refractivity contribution is -0.384. The summed E-state index contributed by atoms with van der Waals surface area (Å²) in [6.45, 7) is 0. The van der Waals surface area contributed by atoms with E-state index in [1.165, 1.54) is 23.9 Å². The van der Waals surface area contributed by atoms with Gasteiger partial charge in [0.25, 0.3) is 10.9 Å². The molecule has 0 fully saturated rings. The predicted octanol–water partition coefficient (Wildman–Crippen LogP) is 4.59. The highest BCUT2D eigenvalue weighted by molar-refractivity contribution is 7.98. The Kier molecular flexibility index (Phi) is 4.59. The molecule has 0 saturated heterocycles. The van der Waals surface area contributed by atoms with Crippen LogP contribution < -0.4 is 0 Å². The third-order valence-electron chi connectivity index (χ3n) is 2.99.